The number of carbonyl (C=O) groups is 2. The van der Waals surface area contributed by atoms with Crippen molar-refractivity contribution in [1.29, 1.82) is 0 Å². The molecule has 2 aliphatic rings. The standard InChI is InChI=1S/C20H34O5/c1-2-3-4-5-18(21)14-6-8-16(9-7-14)20(24)25-17-12-10-15(11-13-17)19(22)23/h14-18,21H,2-13H2,1H3,(H,22,23). The van der Waals surface area contributed by atoms with Crippen LogP contribution in [-0.2, 0) is 14.3 Å². The smallest absolute Gasteiger partial charge is 0.309 e. The Balaban J connectivity index is 1.66. The van der Waals surface area contributed by atoms with Crippen LogP contribution in [0.15, 0.2) is 0 Å². The average molecular weight is 354 g/mol. The molecular weight excluding hydrogens is 320 g/mol. The topological polar surface area (TPSA) is 83.8 Å². The van der Waals surface area contributed by atoms with Gasteiger partial charge < -0.3 is 14.9 Å². The molecule has 0 aromatic heterocycles. The Morgan fingerprint density at radius 2 is 1.56 bits per heavy atom. The number of carbonyl (C=O) groups excluding carboxylic acids is 1. The number of hydrogen-bond acceptors (Lipinski definition) is 4. The fourth-order valence-electron chi connectivity index (χ4n) is 4.27. The summed E-state index contributed by atoms with van der Waals surface area (Å²) in [4.78, 5) is 23.3. The van der Waals surface area contributed by atoms with Crippen molar-refractivity contribution in [3.05, 3.63) is 0 Å². The van der Waals surface area contributed by atoms with Crippen LogP contribution in [0.25, 0.3) is 0 Å². The highest BCUT2D eigenvalue weighted by molar-refractivity contribution is 5.73. The van der Waals surface area contributed by atoms with Gasteiger partial charge in [-0.2, -0.15) is 0 Å². The molecular formula is C20H34O5. The molecule has 0 heterocycles. The molecule has 0 amide bonds. The molecule has 0 aromatic rings. The molecule has 2 saturated carbocycles. The maximum Gasteiger partial charge on any atom is 0.309 e. The lowest BCUT2D eigenvalue weighted by molar-refractivity contribution is -0.158. The highest BCUT2D eigenvalue weighted by Crippen LogP contribution is 2.34. The van der Waals surface area contributed by atoms with Crippen LogP contribution in [0.4, 0.5) is 0 Å². The highest BCUT2D eigenvalue weighted by Gasteiger charge is 2.33. The van der Waals surface area contributed by atoms with Crippen molar-refractivity contribution in [2.24, 2.45) is 17.8 Å². The van der Waals surface area contributed by atoms with Crippen LogP contribution in [0.5, 0.6) is 0 Å². The number of rotatable bonds is 8. The summed E-state index contributed by atoms with van der Waals surface area (Å²) < 4.78 is 5.64. The second kappa shape index (κ2) is 10.1. The van der Waals surface area contributed by atoms with E-state index in [1.165, 1.54) is 12.8 Å². The van der Waals surface area contributed by atoms with Gasteiger partial charge in [0.25, 0.3) is 0 Å². The minimum Gasteiger partial charge on any atom is -0.481 e. The SMILES string of the molecule is CCCCCC(O)C1CCC(C(=O)OC2CCC(C(=O)O)CC2)CC1. The Labute approximate surface area is 151 Å². The average Bonchev–Trinajstić information content (AvgIpc) is 2.62. The molecule has 1 unspecified atom stereocenters. The lowest BCUT2D eigenvalue weighted by atomic mass is 9.78. The molecule has 5 nitrogen and oxygen atoms in total. The van der Waals surface area contributed by atoms with E-state index in [0.29, 0.717) is 31.6 Å². The molecule has 2 fully saturated rings. The van der Waals surface area contributed by atoms with E-state index in [4.69, 9.17) is 9.84 Å². The van der Waals surface area contributed by atoms with Crippen LogP contribution in [0.1, 0.15) is 84.0 Å². The maximum absolute atomic E-state index is 12.4. The number of hydrogen-bond donors (Lipinski definition) is 2. The third-order valence-corrected chi connectivity index (χ3v) is 6.06. The van der Waals surface area contributed by atoms with E-state index in [-0.39, 0.29) is 30.0 Å². The van der Waals surface area contributed by atoms with E-state index in [1.54, 1.807) is 0 Å². The molecule has 25 heavy (non-hydrogen) atoms. The van der Waals surface area contributed by atoms with Gasteiger partial charge in [-0.3, -0.25) is 9.59 Å². The number of aliphatic hydroxyl groups excluding tert-OH is 1. The van der Waals surface area contributed by atoms with Gasteiger partial charge in [0.1, 0.15) is 6.10 Å². The number of esters is 1. The number of aliphatic hydroxyl groups is 1. The summed E-state index contributed by atoms with van der Waals surface area (Å²) in [5.41, 5.74) is 0. The van der Waals surface area contributed by atoms with E-state index < -0.39 is 5.97 Å². The van der Waals surface area contributed by atoms with Gasteiger partial charge in [-0.25, -0.2) is 0 Å². The maximum atomic E-state index is 12.4. The van der Waals surface area contributed by atoms with Gasteiger partial charge in [0.2, 0.25) is 0 Å². The van der Waals surface area contributed by atoms with Gasteiger partial charge in [0, 0.05) is 0 Å². The first kappa shape index (κ1) is 20.2. The van der Waals surface area contributed by atoms with Gasteiger partial charge in [-0.1, -0.05) is 26.2 Å². The molecule has 0 spiro atoms. The molecule has 0 aromatic carbocycles. The molecule has 2 rings (SSSR count). The van der Waals surface area contributed by atoms with Crippen LogP contribution in [-0.4, -0.2) is 34.4 Å². The minimum atomic E-state index is -0.736. The van der Waals surface area contributed by atoms with Crippen molar-refractivity contribution >= 4 is 11.9 Å². The molecule has 144 valence electrons. The van der Waals surface area contributed by atoms with Crippen molar-refractivity contribution in [2.45, 2.75) is 96.2 Å². The fraction of sp³-hybridized carbons (Fsp3) is 0.900. The fourth-order valence-corrected chi connectivity index (χ4v) is 4.27. The molecule has 2 aliphatic carbocycles. The largest absolute Gasteiger partial charge is 0.481 e. The molecule has 5 heteroatoms. The lowest BCUT2D eigenvalue weighted by Gasteiger charge is -2.32. The highest BCUT2D eigenvalue weighted by atomic mass is 16.5. The summed E-state index contributed by atoms with van der Waals surface area (Å²) in [5.74, 6) is -0.846. The predicted molar refractivity (Wildman–Crippen MR) is 95.1 cm³/mol. The van der Waals surface area contributed by atoms with Crippen LogP contribution < -0.4 is 0 Å². The number of unbranched alkanes of at least 4 members (excludes halogenated alkanes) is 2. The molecule has 2 N–H and O–H groups in total. The van der Waals surface area contributed by atoms with Crippen molar-refractivity contribution in [3.8, 4) is 0 Å². The molecule has 0 radical (unpaired) electrons. The number of carboxylic acids is 1. The van der Waals surface area contributed by atoms with Gasteiger partial charge >= 0.3 is 11.9 Å². The number of carboxylic acid groups (broad SMARTS) is 1. The molecule has 0 bridgehead atoms. The second-order valence-electron chi connectivity index (χ2n) is 7.92. The summed E-state index contributed by atoms with van der Waals surface area (Å²) in [6.07, 6.45) is 9.89. The number of ether oxygens (including phenoxy) is 1. The van der Waals surface area contributed by atoms with Gasteiger partial charge in [-0.15, -0.1) is 0 Å². The van der Waals surface area contributed by atoms with Crippen LogP contribution >= 0.6 is 0 Å². The summed E-state index contributed by atoms with van der Waals surface area (Å²) in [7, 11) is 0. The zero-order valence-corrected chi connectivity index (χ0v) is 15.5. The lowest BCUT2D eigenvalue weighted by Crippen LogP contribution is -2.33. The van der Waals surface area contributed by atoms with Gasteiger partial charge in [0.05, 0.1) is 17.9 Å². The Hall–Kier alpha value is -1.10. The molecule has 0 saturated heterocycles. The summed E-state index contributed by atoms with van der Waals surface area (Å²) in [6, 6.07) is 0. The first-order valence-corrected chi connectivity index (χ1v) is 10.1. The third kappa shape index (κ3) is 6.28. The Morgan fingerprint density at radius 3 is 2.12 bits per heavy atom. The van der Waals surface area contributed by atoms with Crippen molar-refractivity contribution in [1.82, 2.24) is 0 Å². The Kier molecular flexibility index (Phi) is 8.20. The normalized spacial score (nSPS) is 31.3. The number of aliphatic carboxylic acids is 1. The van der Waals surface area contributed by atoms with Crippen LogP contribution in [0.2, 0.25) is 0 Å². The van der Waals surface area contributed by atoms with Gasteiger partial charge in [0.15, 0.2) is 0 Å². The quantitative estimate of drug-likeness (QED) is 0.510. The van der Waals surface area contributed by atoms with Crippen molar-refractivity contribution < 1.29 is 24.5 Å². The molecule has 0 aliphatic heterocycles. The first-order valence-electron chi connectivity index (χ1n) is 10.1. The zero-order chi connectivity index (χ0) is 18.2. The Bertz CT molecular complexity index is 420. The monoisotopic (exact) mass is 354 g/mol. The molecule has 1 atom stereocenters. The van der Waals surface area contributed by atoms with Gasteiger partial charge in [-0.05, 0) is 63.7 Å². The van der Waals surface area contributed by atoms with E-state index in [1.807, 2.05) is 0 Å². The van der Waals surface area contributed by atoms with Crippen LogP contribution in [0.3, 0.4) is 0 Å². The zero-order valence-electron chi connectivity index (χ0n) is 15.5. The minimum absolute atomic E-state index is 0.0451. The van der Waals surface area contributed by atoms with Crippen LogP contribution in [0, 0.1) is 17.8 Å². The van der Waals surface area contributed by atoms with Crippen molar-refractivity contribution in [3.63, 3.8) is 0 Å². The van der Waals surface area contributed by atoms with Crippen molar-refractivity contribution in [2.75, 3.05) is 0 Å². The third-order valence-electron chi connectivity index (χ3n) is 6.06. The van der Waals surface area contributed by atoms with E-state index in [0.717, 1.165) is 38.5 Å². The van der Waals surface area contributed by atoms with E-state index in [9.17, 15) is 14.7 Å². The predicted octanol–water partition coefficient (Wildman–Crippen LogP) is 3.92. The summed E-state index contributed by atoms with van der Waals surface area (Å²) in [6.45, 7) is 2.16. The van der Waals surface area contributed by atoms with E-state index >= 15 is 0 Å². The summed E-state index contributed by atoms with van der Waals surface area (Å²) >= 11 is 0. The Morgan fingerprint density at radius 1 is 0.960 bits per heavy atom. The summed E-state index contributed by atoms with van der Waals surface area (Å²) in [5, 5.41) is 19.3. The van der Waals surface area contributed by atoms with E-state index in [2.05, 4.69) is 6.92 Å². The second-order valence-corrected chi connectivity index (χ2v) is 7.92. The first-order chi connectivity index (χ1) is 12.0.